The van der Waals surface area contributed by atoms with Crippen molar-refractivity contribution in [2.75, 3.05) is 0 Å². The van der Waals surface area contributed by atoms with Crippen LogP contribution in [0.3, 0.4) is 0 Å². The molecular weight excluding hydrogens is 268 g/mol. The summed E-state index contributed by atoms with van der Waals surface area (Å²) in [5, 5.41) is 8.33. The van der Waals surface area contributed by atoms with Crippen molar-refractivity contribution >= 4 is 28.0 Å². The Morgan fingerprint density at radius 2 is 1.56 bits per heavy atom. The fourth-order valence-electron chi connectivity index (χ4n) is 0.741. The van der Waals surface area contributed by atoms with E-state index in [0.717, 1.165) is 16.1 Å². The van der Waals surface area contributed by atoms with E-state index in [2.05, 4.69) is 15.9 Å². The van der Waals surface area contributed by atoms with Gasteiger partial charge in [0.15, 0.2) is 0 Å². The van der Waals surface area contributed by atoms with Crippen LogP contribution in [0.2, 0.25) is 0 Å². The summed E-state index contributed by atoms with van der Waals surface area (Å²) in [5.74, 6) is -0.932. The Morgan fingerprint density at radius 3 is 1.94 bits per heavy atom. The van der Waals surface area contributed by atoms with Crippen molar-refractivity contribution in [3.63, 3.8) is 0 Å². The van der Waals surface area contributed by atoms with Gasteiger partial charge in [0, 0.05) is 10.5 Å². The van der Waals surface area contributed by atoms with E-state index in [1.165, 1.54) is 0 Å². The molecule has 0 fully saturated rings. The lowest BCUT2D eigenvalue weighted by Crippen LogP contribution is -1.85. The van der Waals surface area contributed by atoms with Crippen LogP contribution < -0.4 is 0 Å². The predicted molar refractivity (Wildman–Crippen MR) is 73.5 cm³/mol. The molecule has 2 nitrogen and oxygen atoms in total. The summed E-state index contributed by atoms with van der Waals surface area (Å²) >= 11 is 3.29. The zero-order chi connectivity index (χ0) is 13.0. The Balaban J connectivity index is 0. The summed E-state index contributed by atoms with van der Waals surface area (Å²) < 4.78 is 0.981. The third kappa shape index (κ3) is 9.46. The molecule has 0 aliphatic heterocycles. The molecule has 1 aromatic carbocycles. The van der Waals surface area contributed by atoms with Gasteiger partial charge in [-0.05, 0) is 23.8 Å². The van der Waals surface area contributed by atoms with Gasteiger partial charge in [-0.1, -0.05) is 55.8 Å². The van der Waals surface area contributed by atoms with Crippen LogP contribution >= 0.6 is 15.9 Å². The van der Waals surface area contributed by atoms with Gasteiger partial charge in [0.25, 0.3) is 0 Å². The number of hydrogen-bond donors (Lipinski definition) is 1. The molecule has 1 aromatic rings. The number of carbonyl (C=O) groups is 1. The molecule has 0 bridgehead atoms. The molecule has 1 N–H and O–H groups in total. The number of carboxylic acids is 1. The molecular formula is C13H19BrO2. The van der Waals surface area contributed by atoms with Gasteiger partial charge in [-0.2, -0.15) is 0 Å². The van der Waals surface area contributed by atoms with Crippen LogP contribution in [0.25, 0.3) is 6.08 Å². The number of benzene rings is 1. The van der Waals surface area contributed by atoms with Crippen LogP contribution in [0.1, 0.15) is 33.3 Å². The average molecular weight is 287 g/mol. The van der Waals surface area contributed by atoms with E-state index >= 15 is 0 Å². The van der Waals surface area contributed by atoms with Crippen molar-refractivity contribution in [1.29, 1.82) is 0 Å². The van der Waals surface area contributed by atoms with Gasteiger partial charge in [-0.15, -0.1) is 0 Å². The zero-order valence-electron chi connectivity index (χ0n) is 10.2. The van der Waals surface area contributed by atoms with E-state index in [-0.39, 0.29) is 0 Å². The Bertz CT molecular complexity index is 302. The smallest absolute Gasteiger partial charge is 0.328 e. The first kappa shape index (κ1) is 17.3. The van der Waals surface area contributed by atoms with Crippen LogP contribution in [0.15, 0.2) is 34.8 Å². The van der Waals surface area contributed by atoms with Crippen LogP contribution in [0.5, 0.6) is 0 Å². The molecule has 16 heavy (non-hydrogen) atoms. The highest BCUT2D eigenvalue weighted by Crippen LogP contribution is 2.11. The second-order valence-electron chi connectivity index (χ2n) is 2.22. The Hall–Kier alpha value is -1.09. The first-order valence-corrected chi connectivity index (χ1v) is 6.14. The standard InChI is InChI=1S/C9H7BrO2.2C2H6/c10-8-4-1-7(2-5-8)3-6-9(11)12;2*1-2/h1-6H,(H,11,12);2*1-2H3/b6-3+;;. The van der Waals surface area contributed by atoms with Gasteiger partial charge >= 0.3 is 5.97 Å². The molecule has 0 amide bonds. The van der Waals surface area contributed by atoms with Gasteiger partial charge < -0.3 is 5.11 Å². The fourth-order valence-corrected chi connectivity index (χ4v) is 1.01. The molecule has 0 atom stereocenters. The van der Waals surface area contributed by atoms with E-state index in [1.807, 2.05) is 52.0 Å². The van der Waals surface area contributed by atoms with Crippen molar-refractivity contribution in [3.05, 3.63) is 40.4 Å². The summed E-state index contributed by atoms with van der Waals surface area (Å²) in [5.41, 5.74) is 0.876. The zero-order valence-corrected chi connectivity index (χ0v) is 11.8. The third-order valence-corrected chi connectivity index (χ3v) is 1.82. The molecule has 0 radical (unpaired) electrons. The van der Waals surface area contributed by atoms with Crippen molar-refractivity contribution in [2.24, 2.45) is 0 Å². The first-order chi connectivity index (χ1) is 7.68. The van der Waals surface area contributed by atoms with Crippen molar-refractivity contribution in [3.8, 4) is 0 Å². The molecule has 1 rings (SSSR count). The monoisotopic (exact) mass is 286 g/mol. The Kier molecular flexibility index (Phi) is 13.0. The molecule has 0 heterocycles. The van der Waals surface area contributed by atoms with E-state index in [1.54, 1.807) is 6.08 Å². The van der Waals surface area contributed by atoms with Gasteiger partial charge in [0.2, 0.25) is 0 Å². The number of aliphatic carboxylic acids is 1. The largest absolute Gasteiger partial charge is 0.478 e. The highest BCUT2D eigenvalue weighted by atomic mass is 79.9. The van der Waals surface area contributed by atoms with Crippen LogP contribution in [0, 0.1) is 0 Å². The molecule has 0 aliphatic carbocycles. The summed E-state index contributed by atoms with van der Waals surface area (Å²) in [6.07, 6.45) is 2.66. The maximum absolute atomic E-state index is 10.1. The quantitative estimate of drug-likeness (QED) is 0.807. The summed E-state index contributed by atoms with van der Waals surface area (Å²) in [6, 6.07) is 7.40. The highest BCUT2D eigenvalue weighted by Gasteiger charge is 1.89. The second kappa shape index (κ2) is 12.0. The molecule has 0 aromatic heterocycles. The van der Waals surface area contributed by atoms with E-state index in [4.69, 9.17) is 5.11 Å². The topological polar surface area (TPSA) is 37.3 Å². The third-order valence-electron chi connectivity index (χ3n) is 1.29. The minimum atomic E-state index is -0.932. The van der Waals surface area contributed by atoms with Gasteiger partial charge in [-0.3, -0.25) is 0 Å². The molecule has 90 valence electrons. The number of halogens is 1. The predicted octanol–water partition coefficient (Wildman–Crippen LogP) is 4.60. The maximum Gasteiger partial charge on any atom is 0.328 e. The molecule has 0 saturated heterocycles. The van der Waals surface area contributed by atoms with Gasteiger partial charge in [-0.25, -0.2) is 4.79 Å². The van der Waals surface area contributed by atoms with E-state index < -0.39 is 5.97 Å². The molecule has 0 aliphatic rings. The van der Waals surface area contributed by atoms with Crippen LogP contribution in [0.4, 0.5) is 0 Å². The van der Waals surface area contributed by atoms with Crippen molar-refractivity contribution in [1.82, 2.24) is 0 Å². The molecule has 3 heteroatoms. The first-order valence-electron chi connectivity index (χ1n) is 5.35. The lowest BCUT2D eigenvalue weighted by atomic mass is 10.2. The summed E-state index contributed by atoms with van der Waals surface area (Å²) in [7, 11) is 0. The van der Waals surface area contributed by atoms with Gasteiger partial charge in [0.05, 0.1) is 0 Å². The normalized spacial score (nSPS) is 8.56. The fraction of sp³-hybridized carbons (Fsp3) is 0.308. The number of hydrogen-bond acceptors (Lipinski definition) is 1. The molecule has 0 unspecified atom stereocenters. The Labute approximate surface area is 106 Å². The second-order valence-corrected chi connectivity index (χ2v) is 3.14. The van der Waals surface area contributed by atoms with Crippen molar-refractivity contribution in [2.45, 2.75) is 27.7 Å². The minimum absolute atomic E-state index is 0.876. The SMILES string of the molecule is CC.CC.O=C(O)/C=C/c1ccc(Br)cc1. The van der Waals surface area contributed by atoms with Crippen molar-refractivity contribution < 1.29 is 9.90 Å². The lowest BCUT2D eigenvalue weighted by molar-refractivity contribution is -0.131. The minimum Gasteiger partial charge on any atom is -0.478 e. The van der Waals surface area contributed by atoms with E-state index in [0.29, 0.717) is 0 Å². The Morgan fingerprint density at radius 1 is 1.12 bits per heavy atom. The highest BCUT2D eigenvalue weighted by molar-refractivity contribution is 9.10. The lowest BCUT2D eigenvalue weighted by Gasteiger charge is -1.91. The van der Waals surface area contributed by atoms with Gasteiger partial charge in [0.1, 0.15) is 0 Å². The molecule has 0 spiro atoms. The average Bonchev–Trinajstić information content (AvgIpc) is 2.33. The van der Waals surface area contributed by atoms with Crippen LogP contribution in [-0.2, 0) is 4.79 Å². The van der Waals surface area contributed by atoms with Crippen LogP contribution in [-0.4, -0.2) is 11.1 Å². The number of carboxylic acid groups (broad SMARTS) is 1. The summed E-state index contributed by atoms with van der Waals surface area (Å²) in [6.45, 7) is 8.00. The maximum atomic E-state index is 10.1. The van der Waals surface area contributed by atoms with E-state index in [9.17, 15) is 4.79 Å². The summed E-state index contributed by atoms with van der Waals surface area (Å²) in [4.78, 5) is 10.1. The number of rotatable bonds is 2. The molecule has 0 saturated carbocycles.